The van der Waals surface area contributed by atoms with Crippen LogP contribution in [0.2, 0.25) is 0 Å². The first-order valence-corrected chi connectivity index (χ1v) is 7.87. The Morgan fingerprint density at radius 3 is 2.26 bits per heavy atom. The maximum atomic E-state index is 5.47. The second-order valence-electron chi connectivity index (χ2n) is 5.52. The fourth-order valence-corrected chi connectivity index (χ4v) is 3.02. The monoisotopic (exact) mass is 308 g/mol. The van der Waals surface area contributed by atoms with Gasteiger partial charge in [0.2, 0.25) is 0 Å². The van der Waals surface area contributed by atoms with Gasteiger partial charge in [-0.2, -0.15) is 4.57 Å². The van der Waals surface area contributed by atoms with Crippen molar-refractivity contribution in [1.29, 1.82) is 0 Å². The highest BCUT2D eigenvalue weighted by atomic mass is 16.5. The number of aryl methyl sites for hydroxylation is 1. The molecule has 3 nitrogen and oxygen atoms in total. The number of methoxy groups -OCH3 is 2. The normalized spacial score (nSPS) is 10.7. The van der Waals surface area contributed by atoms with E-state index in [1.54, 1.807) is 14.2 Å². The van der Waals surface area contributed by atoms with Gasteiger partial charge in [0.05, 0.1) is 19.6 Å². The van der Waals surface area contributed by atoms with Crippen LogP contribution in [0.4, 0.5) is 0 Å². The molecular weight excluding hydrogens is 286 g/mol. The molecule has 1 aromatic heterocycles. The predicted octanol–water partition coefficient (Wildman–Crippen LogP) is 3.76. The van der Waals surface area contributed by atoms with Gasteiger partial charge >= 0.3 is 0 Å². The molecule has 0 atom stereocenters. The van der Waals surface area contributed by atoms with E-state index in [4.69, 9.17) is 9.47 Å². The molecule has 0 aliphatic rings. The SMILES string of the molecule is CCc1c2cc(OC)c(OC)cc2cc[n+]1Cc1ccccc1. The van der Waals surface area contributed by atoms with Crippen molar-refractivity contribution in [2.45, 2.75) is 19.9 Å². The Hall–Kier alpha value is -2.55. The number of pyridine rings is 1. The number of ether oxygens (including phenoxy) is 2. The smallest absolute Gasteiger partial charge is 0.189 e. The maximum Gasteiger partial charge on any atom is 0.189 e. The first-order valence-electron chi connectivity index (χ1n) is 7.87. The number of nitrogens with zero attached hydrogens (tertiary/aromatic N) is 1. The van der Waals surface area contributed by atoms with Gasteiger partial charge in [0.15, 0.2) is 29.9 Å². The number of hydrogen-bond donors (Lipinski definition) is 0. The second-order valence-corrected chi connectivity index (χ2v) is 5.52. The van der Waals surface area contributed by atoms with E-state index in [9.17, 15) is 0 Å². The van der Waals surface area contributed by atoms with Gasteiger partial charge in [0.1, 0.15) is 0 Å². The molecule has 3 rings (SSSR count). The molecule has 0 N–H and O–H groups in total. The highest BCUT2D eigenvalue weighted by molar-refractivity contribution is 5.87. The lowest BCUT2D eigenvalue weighted by Gasteiger charge is -2.11. The Balaban J connectivity index is 2.13. The molecule has 0 saturated heterocycles. The third kappa shape index (κ3) is 3.00. The van der Waals surface area contributed by atoms with Crippen LogP contribution in [0.25, 0.3) is 10.8 Å². The summed E-state index contributed by atoms with van der Waals surface area (Å²) >= 11 is 0. The largest absolute Gasteiger partial charge is 0.493 e. The molecule has 118 valence electrons. The van der Waals surface area contributed by atoms with Gasteiger partial charge in [0, 0.05) is 18.1 Å². The number of fused-ring (bicyclic) bond motifs is 1. The van der Waals surface area contributed by atoms with Crippen LogP contribution in [0.3, 0.4) is 0 Å². The molecule has 0 aliphatic heterocycles. The fraction of sp³-hybridized carbons (Fsp3) is 0.250. The first kappa shape index (κ1) is 15.3. The third-order valence-electron chi connectivity index (χ3n) is 4.18. The van der Waals surface area contributed by atoms with E-state index in [2.05, 4.69) is 54.1 Å². The van der Waals surface area contributed by atoms with Gasteiger partial charge in [-0.3, -0.25) is 0 Å². The number of rotatable bonds is 5. The fourth-order valence-electron chi connectivity index (χ4n) is 3.02. The lowest BCUT2D eigenvalue weighted by molar-refractivity contribution is -0.694. The molecule has 23 heavy (non-hydrogen) atoms. The Kier molecular flexibility index (Phi) is 4.47. The molecule has 0 bridgehead atoms. The molecule has 0 unspecified atom stereocenters. The average Bonchev–Trinajstić information content (AvgIpc) is 2.61. The van der Waals surface area contributed by atoms with Crippen LogP contribution in [0.1, 0.15) is 18.2 Å². The summed E-state index contributed by atoms with van der Waals surface area (Å²) in [5.41, 5.74) is 2.60. The summed E-state index contributed by atoms with van der Waals surface area (Å²) < 4.78 is 13.2. The van der Waals surface area contributed by atoms with Gasteiger partial charge in [0.25, 0.3) is 0 Å². The van der Waals surface area contributed by atoms with Crippen LogP contribution >= 0.6 is 0 Å². The standard InChI is InChI=1S/C20H22NO2/c1-4-18-17-13-20(23-3)19(22-2)12-16(17)10-11-21(18)14-15-8-6-5-7-9-15/h5-13H,4,14H2,1-3H3/q+1. The quantitative estimate of drug-likeness (QED) is 0.670. The zero-order valence-electron chi connectivity index (χ0n) is 13.9. The zero-order chi connectivity index (χ0) is 16.2. The Bertz CT molecular complexity index is 813. The highest BCUT2D eigenvalue weighted by Gasteiger charge is 2.17. The van der Waals surface area contributed by atoms with E-state index in [0.717, 1.165) is 24.5 Å². The van der Waals surface area contributed by atoms with Crippen molar-refractivity contribution >= 4 is 10.8 Å². The maximum absolute atomic E-state index is 5.47. The molecule has 0 radical (unpaired) electrons. The number of hydrogen-bond acceptors (Lipinski definition) is 2. The van der Waals surface area contributed by atoms with Crippen molar-refractivity contribution in [3.8, 4) is 11.5 Å². The lowest BCUT2D eigenvalue weighted by atomic mass is 10.1. The minimum absolute atomic E-state index is 0.767. The molecular formula is C20H22NO2+. The molecule has 3 aromatic rings. The molecule has 0 saturated carbocycles. The van der Waals surface area contributed by atoms with Crippen LogP contribution < -0.4 is 14.0 Å². The summed E-state index contributed by atoms with van der Waals surface area (Å²) in [4.78, 5) is 0. The summed E-state index contributed by atoms with van der Waals surface area (Å²) in [5.74, 6) is 1.54. The van der Waals surface area contributed by atoms with Gasteiger partial charge < -0.3 is 9.47 Å². The van der Waals surface area contributed by atoms with Gasteiger partial charge in [-0.05, 0) is 17.5 Å². The van der Waals surface area contributed by atoms with Crippen LogP contribution in [0.15, 0.2) is 54.7 Å². The number of aromatic nitrogens is 1. The topological polar surface area (TPSA) is 22.3 Å². The Labute approximate surface area is 137 Å². The molecule has 2 aromatic carbocycles. The summed E-state index contributed by atoms with van der Waals surface area (Å²) in [5, 5.41) is 2.38. The van der Waals surface area contributed by atoms with Crippen LogP contribution in [-0.4, -0.2) is 14.2 Å². The second kappa shape index (κ2) is 6.69. The number of benzene rings is 2. The minimum Gasteiger partial charge on any atom is -0.493 e. The van der Waals surface area contributed by atoms with Crippen molar-refractivity contribution in [3.63, 3.8) is 0 Å². The molecule has 1 heterocycles. The van der Waals surface area contributed by atoms with E-state index in [1.165, 1.54) is 22.0 Å². The van der Waals surface area contributed by atoms with Crippen molar-refractivity contribution in [2.24, 2.45) is 0 Å². The highest BCUT2D eigenvalue weighted by Crippen LogP contribution is 2.32. The Morgan fingerprint density at radius 1 is 0.913 bits per heavy atom. The molecule has 3 heteroatoms. The molecule has 0 spiro atoms. The van der Waals surface area contributed by atoms with Crippen LogP contribution in [-0.2, 0) is 13.0 Å². The van der Waals surface area contributed by atoms with Gasteiger partial charge in [-0.25, -0.2) is 0 Å². The summed E-state index contributed by atoms with van der Waals surface area (Å²) in [6, 6.07) is 16.8. The summed E-state index contributed by atoms with van der Waals surface area (Å²) in [6.45, 7) is 3.06. The summed E-state index contributed by atoms with van der Waals surface area (Å²) in [7, 11) is 3.35. The first-order chi connectivity index (χ1) is 11.3. The van der Waals surface area contributed by atoms with Crippen molar-refractivity contribution < 1.29 is 14.0 Å². The van der Waals surface area contributed by atoms with E-state index in [0.29, 0.717) is 0 Å². The minimum atomic E-state index is 0.767. The molecule has 0 aliphatic carbocycles. The van der Waals surface area contributed by atoms with Crippen LogP contribution in [0.5, 0.6) is 11.5 Å². The van der Waals surface area contributed by atoms with Crippen molar-refractivity contribution in [1.82, 2.24) is 0 Å². The van der Waals surface area contributed by atoms with Crippen molar-refractivity contribution in [3.05, 3.63) is 66.0 Å². The average molecular weight is 308 g/mol. The molecule has 0 amide bonds. The Morgan fingerprint density at radius 2 is 1.61 bits per heavy atom. The van der Waals surface area contributed by atoms with E-state index >= 15 is 0 Å². The zero-order valence-corrected chi connectivity index (χ0v) is 13.9. The van der Waals surface area contributed by atoms with Crippen LogP contribution in [0, 0.1) is 0 Å². The molecule has 0 fully saturated rings. The lowest BCUT2D eigenvalue weighted by Crippen LogP contribution is -2.38. The van der Waals surface area contributed by atoms with E-state index in [-0.39, 0.29) is 0 Å². The summed E-state index contributed by atoms with van der Waals surface area (Å²) in [6.07, 6.45) is 3.11. The van der Waals surface area contributed by atoms with E-state index < -0.39 is 0 Å². The van der Waals surface area contributed by atoms with Gasteiger partial charge in [-0.1, -0.05) is 37.3 Å². The third-order valence-corrected chi connectivity index (χ3v) is 4.18. The van der Waals surface area contributed by atoms with Gasteiger partial charge in [-0.15, -0.1) is 0 Å². The van der Waals surface area contributed by atoms with E-state index in [1.807, 2.05) is 12.1 Å². The predicted molar refractivity (Wildman–Crippen MR) is 92.2 cm³/mol. The van der Waals surface area contributed by atoms with Crippen molar-refractivity contribution in [2.75, 3.05) is 14.2 Å².